The molecule has 6 nitrogen and oxygen atoms in total. The van der Waals surface area contributed by atoms with Crippen LogP contribution in [0.3, 0.4) is 0 Å². The second-order valence-electron chi connectivity index (χ2n) is 5.72. The van der Waals surface area contributed by atoms with E-state index < -0.39 is 0 Å². The lowest BCUT2D eigenvalue weighted by Crippen LogP contribution is -2.60. The van der Waals surface area contributed by atoms with Gasteiger partial charge in [-0.15, -0.1) is 0 Å². The van der Waals surface area contributed by atoms with Crippen molar-refractivity contribution < 1.29 is 14.3 Å². The minimum absolute atomic E-state index is 0.0510. The molecule has 1 aromatic heterocycles. The van der Waals surface area contributed by atoms with Crippen molar-refractivity contribution in [1.82, 2.24) is 15.2 Å². The zero-order chi connectivity index (χ0) is 17.8. The number of nitrogens with one attached hydrogen (secondary N) is 1. The van der Waals surface area contributed by atoms with Crippen molar-refractivity contribution in [2.24, 2.45) is 0 Å². The summed E-state index contributed by atoms with van der Waals surface area (Å²) in [6.45, 7) is 3.03. The highest BCUT2D eigenvalue weighted by atomic mass is 35.5. The van der Waals surface area contributed by atoms with Crippen molar-refractivity contribution in [1.29, 1.82) is 0 Å². The number of hydrogen-bond donors (Lipinski definition) is 1. The molecule has 1 fully saturated rings. The molecular formula is C18H18ClN3O3. The fraction of sp³-hybridized carbons (Fsp3) is 0.278. The van der Waals surface area contributed by atoms with Crippen molar-refractivity contribution in [2.75, 3.05) is 19.7 Å². The normalized spacial score (nSPS) is 14.6. The molecule has 0 aliphatic carbocycles. The summed E-state index contributed by atoms with van der Waals surface area (Å²) < 4.78 is 4.89. The van der Waals surface area contributed by atoms with Crippen LogP contribution in [0.1, 0.15) is 12.6 Å². The highest BCUT2D eigenvalue weighted by Crippen LogP contribution is 2.18. The molecular weight excluding hydrogens is 342 g/mol. The van der Waals surface area contributed by atoms with Gasteiger partial charge in [0.1, 0.15) is 0 Å². The number of likely N-dealkylation sites (tertiary alicyclic amines) is 1. The van der Waals surface area contributed by atoms with Crippen molar-refractivity contribution in [3.63, 3.8) is 0 Å². The quantitative estimate of drug-likeness (QED) is 0.852. The average Bonchev–Trinajstić information content (AvgIpc) is 2.55. The smallest absolute Gasteiger partial charge is 0.409 e. The van der Waals surface area contributed by atoms with Crippen molar-refractivity contribution in [2.45, 2.75) is 13.0 Å². The topological polar surface area (TPSA) is 71.5 Å². The van der Waals surface area contributed by atoms with Crippen LogP contribution in [0.15, 0.2) is 36.4 Å². The summed E-state index contributed by atoms with van der Waals surface area (Å²) >= 11 is 5.97. The van der Waals surface area contributed by atoms with Crippen LogP contribution >= 0.6 is 11.6 Å². The van der Waals surface area contributed by atoms with E-state index in [1.165, 1.54) is 6.08 Å². The van der Waals surface area contributed by atoms with Crippen LogP contribution in [0.5, 0.6) is 0 Å². The highest BCUT2D eigenvalue weighted by molar-refractivity contribution is 6.31. The maximum atomic E-state index is 12.0. The Morgan fingerprint density at radius 3 is 2.88 bits per heavy atom. The molecule has 1 saturated heterocycles. The summed E-state index contributed by atoms with van der Waals surface area (Å²) in [5.41, 5.74) is 1.45. The van der Waals surface area contributed by atoms with Crippen molar-refractivity contribution >= 4 is 40.6 Å². The van der Waals surface area contributed by atoms with Crippen LogP contribution < -0.4 is 5.32 Å². The van der Waals surface area contributed by atoms with E-state index in [9.17, 15) is 9.59 Å². The number of amides is 2. The molecule has 0 spiro atoms. The fourth-order valence-electron chi connectivity index (χ4n) is 2.54. The number of aromatic nitrogens is 1. The molecule has 0 unspecified atom stereocenters. The molecule has 3 rings (SSSR count). The Kier molecular flexibility index (Phi) is 5.19. The van der Waals surface area contributed by atoms with Crippen LogP contribution in [-0.2, 0) is 9.53 Å². The minimum atomic E-state index is -0.345. The maximum Gasteiger partial charge on any atom is 0.409 e. The first kappa shape index (κ1) is 17.2. The number of pyridine rings is 1. The summed E-state index contributed by atoms with van der Waals surface area (Å²) in [5.74, 6) is -0.221. The first-order chi connectivity index (χ1) is 12.0. The van der Waals surface area contributed by atoms with Gasteiger partial charge >= 0.3 is 6.09 Å². The summed E-state index contributed by atoms with van der Waals surface area (Å²) in [7, 11) is 0. The Hall–Kier alpha value is -2.60. The largest absolute Gasteiger partial charge is 0.450 e. The molecule has 1 aromatic carbocycles. The van der Waals surface area contributed by atoms with Crippen LogP contribution in [0.25, 0.3) is 17.0 Å². The van der Waals surface area contributed by atoms with E-state index in [0.29, 0.717) is 30.4 Å². The number of nitrogens with zero attached hydrogens (tertiary/aromatic N) is 2. The predicted octanol–water partition coefficient (Wildman–Crippen LogP) is 2.86. The third-order valence-corrected chi connectivity index (χ3v) is 4.07. The third kappa shape index (κ3) is 4.28. The van der Waals surface area contributed by atoms with Crippen LogP contribution in [-0.4, -0.2) is 47.6 Å². The van der Waals surface area contributed by atoms with Crippen molar-refractivity contribution in [3.8, 4) is 0 Å². The van der Waals surface area contributed by atoms with Gasteiger partial charge in [-0.3, -0.25) is 4.79 Å². The molecule has 0 atom stereocenters. The Balaban J connectivity index is 1.54. The van der Waals surface area contributed by atoms with Crippen LogP contribution in [0.4, 0.5) is 4.79 Å². The average molecular weight is 360 g/mol. The number of rotatable bonds is 4. The molecule has 130 valence electrons. The predicted molar refractivity (Wildman–Crippen MR) is 96.3 cm³/mol. The molecule has 2 amide bonds. The van der Waals surface area contributed by atoms with Gasteiger partial charge in [0.25, 0.3) is 0 Å². The van der Waals surface area contributed by atoms with Gasteiger partial charge in [0.15, 0.2) is 0 Å². The lowest BCUT2D eigenvalue weighted by Gasteiger charge is -2.38. The van der Waals surface area contributed by atoms with Gasteiger partial charge in [-0.05, 0) is 31.2 Å². The van der Waals surface area contributed by atoms with Gasteiger partial charge in [-0.25, -0.2) is 9.78 Å². The van der Waals surface area contributed by atoms with Gasteiger partial charge in [-0.1, -0.05) is 23.7 Å². The van der Waals surface area contributed by atoms with Gasteiger partial charge in [0, 0.05) is 29.6 Å². The Morgan fingerprint density at radius 1 is 1.36 bits per heavy atom. The van der Waals surface area contributed by atoms with Gasteiger partial charge in [-0.2, -0.15) is 0 Å². The number of carbonyl (C=O) groups is 2. The minimum Gasteiger partial charge on any atom is -0.450 e. The van der Waals surface area contributed by atoms with Gasteiger partial charge in [0.05, 0.1) is 23.9 Å². The molecule has 25 heavy (non-hydrogen) atoms. The molecule has 0 bridgehead atoms. The van der Waals surface area contributed by atoms with E-state index in [1.54, 1.807) is 24.0 Å². The number of benzene rings is 1. The van der Waals surface area contributed by atoms with E-state index >= 15 is 0 Å². The monoisotopic (exact) mass is 359 g/mol. The molecule has 2 aromatic rings. The second-order valence-corrected chi connectivity index (χ2v) is 6.15. The van der Waals surface area contributed by atoms with Gasteiger partial charge in [0.2, 0.25) is 5.91 Å². The van der Waals surface area contributed by atoms with Crippen LogP contribution in [0, 0.1) is 0 Å². The highest BCUT2D eigenvalue weighted by Gasteiger charge is 2.32. The van der Waals surface area contributed by atoms with E-state index in [1.807, 2.05) is 24.3 Å². The summed E-state index contributed by atoms with van der Waals surface area (Å²) in [6.07, 6.45) is 2.74. The summed E-state index contributed by atoms with van der Waals surface area (Å²) in [6, 6.07) is 9.21. The number of halogens is 1. The SMILES string of the molecule is CCOC(=O)N1CC(NC(=O)/C=C/c2ccc3ccc(Cl)cc3n2)C1. The lowest BCUT2D eigenvalue weighted by atomic mass is 10.1. The van der Waals surface area contributed by atoms with Crippen molar-refractivity contribution in [3.05, 3.63) is 47.1 Å². The van der Waals surface area contributed by atoms with E-state index in [4.69, 9.17) is 16.3 Å². The first-order valence-electron chi connectivity index (χ1n) is 8.01. The lowest BCUT2D eigenvalue weighted by molar-refractivity contribution is -0.118. The zero-order valence-corrected chi connectivity index (χ0v) is 14.5. The van der Waals surface area contributed by atoms with E-state index in [-0.39, 0.29) is 18.0 Å². The van der Waals surface area contributed by atoms with E-state index in [0.717, 1.165) is 10.9 Å². The molecule has 0 radical (unpaired) electrons. The Labute approximate surface area is 150 Å². The summed E-state index contributed by atoms with van der Waals surface area (Å²) in [5, 5.41) is 4.44. The molecule has 1 aliphatic heterocycles. The molecule has 0 saturated carbocycles. The third-order valence-electron chi connectivity index (χ3n) is 3.84. The molecule has 1 aliphatic rings. The fourth-order valence-corrected chi connectivity index (χ4v) is 2.71. The molecule has 2 heterocycles. The Morgan fingerprint density at radius 2 is 2.12 bits per heavy atom. The zero-order valence-electron chi connectivity index (χ0n) is 13.7. The molecule has 1 N–H and O–H groups in total. The summed E-state index contributed by atoms with van der Waals surface area (Å²) in [4.78, 5) is 29.4. The van der Waals surface area contributed by atoms with Crippen LogP contribution in [0.2, 0.25) is 5.02 Å². The second kappa shape index (κ2) is 7.53. The Bertz CT molecular complexity index is 831. The number of fused-ring (bicyclic) bond motifs is 1. The first-order valence-corrected chi connectivity index (χ1v) is 8.39. The number of ether oxygens (including phenoxy) is 1. The number of carbonyl (C=O) groups excluding carboxylic acids is 2. The van der Waals surface area contributed by atoms with Gasteiger partial charge < -0.3 is 15.0 Å². The van der Waals surface area contributed by atoms with E-state index in [2.05, 4.69) is 10.3 Å². The standard InChI is InChI=1S/C18H18ClN3O3/c1-2-25-18(24)22-10-15(11-22)21-17(23)8-7-14-6-4-12-3-5-13(19)9-16(12)20-14/h3-9,15H,2,10-11H2,1H3,(H,21,23)/b8-7+. The molecule has 7 heteroatoms. The maximum absolute atomic E-state index is 12.0. The number of hydrogen-bond acceptors (Lipinski definition) is 4.